The normalized spacial score (nSPS) is 10.3. The molecule has 0 atom stereocenters. The third kappa shape index (κ3) is 4.41. The van der Waals surface area contributed by atoms with Crippen molar-refractivity contribution in [2.24, 2.45) is 0 Å². The van der Waals surface area contributed by atoms with Crippen molar-refractivity contribution in [2.75, 3.05) is 11.9 Å². The fourth-order valence-corrected chi connectivity index (χ4v) is 2.48. The lowest BCUT2D eigenvalue weighted by Crippen LogP contribution is -2.33. The van der Waals surface area contributed by atoms with E-state index in [0.717, 1.165) is 35.7 Å². The molecule has 0 aliphatic rings. The molecule has 0 radical (unpaired) electrons. The van der Waals surface area contributed by atoms with Gasteiger partial charge in [-0.1, -0.05) is 38.1 Å². The van der Waals surface area contributed by atoms with Gasteiger partial charge < -0.3 is 10.6 Å². The number of rotatable bonds is 6. The molecule has 0 aliphatic carbocycles. The molecule has 0 fully saturated rings. The minimum atomic E-state index is -0.489. The van der Waals surface area contributed by atoms with E-state index in [0.29, 0.717) is 0 Å². The number of halogens is 1. The molecule has 0 saturated carbocycles. The van der Waals surface area contributed by atoms with Gasteiger partial charge in [0.15, 0.2) is 0 Å². The van der Waals surface area contributed by atoms with Crippen LogP contribution in [0.2, 0.25) is 0 Å². The topological polar surface area (TPSA) is 58.2 Å². The zero-order valence-corrected chi connectivity index (χ0v) is 13.9. The summed E-state index contributed by atoms with van der Waals surface area (Å²) in [7, 11) is 0. The standard InChI is InChI=1S/C19H21FN2O2/c1-3-13-7-5-8-14(4-2)18(13)22-17(23)12-21-19(24)15-9-6-10-16(20)11-15/h5-11H,3-4,12H2,1-2H3,(H,21,24)(H,22,23). The van der Waals surface area contributed by atoms with Gasteiger partial charge in [-0.05, 0) is 42.2 Å². The number of carbonyl (C=O) groups excluding carboxylic acids is 2. The van der Waals surface area contributed by atoms with Gasteiger partial charge in [-0.2, -0.15) is 0 Å². The van der Waals surface area contributed by atoms with E-state index in [9.17, 15) is 14.0 Å². The quantitative estimate of drug-likeness (QED) is 0.854. The van der Waals surface area contributed by atoms with Gasteiger partial charge in [0, 0.05) is 11.3 Å². The van der Waals surface area contributed by atoms with E-state index in [1.807, 2.05) is 32.0 Å². The van der Waals surface area contributed by atoms with Crippen LogP contribution in [0.5, 0.6) is 0 Å². The molecule has 2 amide bonds. The lowest BCUT2D eigenvalue weighted by molar-refractivity contribution is -0.115. The molecule has 24 heavy (non-hydrogen) atoms. The summed E-state index contributed by atoms with van der Waals surface area (Å²) in [5, 5.41) is 5.37. The zero-order chi connectivity index (χ0) is 17.5. The number of para-hydroxylation sites is 1. The maximum atomic E-state index is 13.1. The summed E-state index contributed by atoms with van der Waals surface area (Å²) in [5.74, 6) is -1.28. The summed E-state index contributed by atoms with van der Waals surface area (Å²) in [4.78, 5) is 24.1. The lowest BCUT2D eigenvalue weighted by Gasteiger charge is -2.14. The Kier molecular flexibility index (Phi) is 6.07. The van der Waals surface area contributed by atoms with Crippen molar-refractivity contribution in [1.29, 1.82) is 0 Å². The molecule has 0 bridgehead atoms. The Morgan fingerprint density at radius 3 is 2.21 bits per heavy atom. The van der Waals surface area contributed by atoms with Gasteiger partial charge in [-0.15, -0.1) is 0 Å². The predicted octanol–water partition coefficient (Wildman–Crippen LogP) is 3.32. The molecule has 2 N–H and O–H groups in total. The second-order valence-corrected chi connectivity index (χ2v) is 5.40. The van der Waals surface area contributed by atoms with Crippen molar-refractivity contribution in [1.82, 2.24) is 5.32 Å². The van der Waals surface area contributed by atoms with Gasteiger partial charge in [-0.3, -0.25) is 9.59 Å². The number of hydrogen-bond acceptors (Lipinski definition) is 2. The van der Waals surface area contributed by atoms with E-state index in [4.69, 9.17) is 0 Å². The summed E-state index contributed by atoms with van der Waals surface area (Å²) in [6.45, 7) is 3.88. The Morgan fingerprint density at radius 2 is 1.62 bits per heavy atom. The highest BCUT2D eigenvalue weighted by atomic mass is 19.1. The van der Waals surface area contributed by atoms with Crippen LogP contribution in [-0.4, -0.2) is 18.4 Å². The number of hydrogen-bond donors (Lipinski definition) is 2. The van der Waals surface area contributed by atoms with Gasteiger partial charge >= 0.3 is 0 Å². The van der Waals surface area contributed by atoms with Crippen molar-refractivity contribution in [2.45, 2.75) is 26.7 Å². The predicted molar refractivity (Wildman–Crippen MR) is 92.6 cm³/mol. The average Bonchev–Trinajstić information content (AvgIpc) is 2.59. The molecular weight excluding hydrogens is 307 g/mol. The molecule has 0 aliphatic heterocycles. The summed E-state index contributed by atoms with van der Waals surface area (Å²) in [5.41, 5.74) is 3.11. The van der Waals surface area contributed by atoms with Gasteiger partial charge in [0.1, 0.15) is 5.82 Å². The molecule has 0 saturated heterocycles. The van der Waals surface area contributed by atoms with E-state index in [2.05, 4.69) is 10.6 Å². The number of benzene rings is 2. The second kappa shape index (κ2) is 8.24. The summed E-state index contributed by atoms with van der Waals surface area (Å²) >= 11 is 0. The van der Waals surface area contributed by atoms with E-state index in [1.54, 1.807) is 0 Å². The van der Waals surface area contributed by atoms with Crippen molar-refractivity contribution in [3.8, 4) is 0 Å². The molecule has 0 aromatic heterocycles. The van der Waals surface area contributed by atoms with Crippen LogP contribution >= 0.6 is 0 Å². The summed E-state index contributed by atoms with van der Waals surface area (Å²) in [6.07, 6.45) is 1.61. The first-order chi connectivity index (χ1) is 11.5. The smallest absolute Gasteiger partial charge is 0.251 e. The van der Waals surface area contributed by atoms with Crippen LogP contribution in [0.1, 0.15) is 35.3 Å². The van der Waals surface area contributed by atoms with Crippen LogP contribution in [0.15, 0.2) is 42.5 Å². The number of anilines is 1. The Balaban J connectivity index is 2.00. The SMILES string of the molecule is CCc1cccc(CC)c1NC(=O)CNC(=O)c1cccc(F)c1. The second-order valence-electron chi connectivity index (χ2n) is 5.40. The highest BCUT2D eigenvalue weighted by Gasteiger charge is 2.12. The van der Waals surface area contributed by atoms with Crippen molar-refractivity contribution >= 4 is 17.5 Å². The van der Waals surface area contributed by atoms with Crippen LogP contribution in [0, 0.1) is 5.82 Å². The fourth-order valence-electron chi connectivity index (χ4n) is 2.48. The maximum Gasteiger partial charge on any atom is 0.251 e. The van der Waals surface area contributed by atoms with E-state index < -0.39 is 11.7 Å². The lowest BCUT2D eigenvalue weighted by atomic mass is 10.0. The van der Waals surface area contributed by atoms with Gasteiger partial charge in [0.25, 0.3) is 5.91 Å². The highest BCUT2D eigenvalue weighted by molar-refractivity contribution is 5.99. The first-order valence-electron chi connectivity index (χ1n) is 7.99. The Morgan fingerprint density at radius 1 is 1.00 bits per heavy atom. The molecule has 2 rings (SSSR count). The minimum Gasteiger partial charge on any atom is -0.343 e. The summed E-state index contributed by atoms with van der Waals surface area (Å²) in [6, 6.07) is 11.3. The number of nitrogens with one attached hydrogen (secondary N) is 2. The molecule has 2 aromatic rings. The largest absolute Gasteiger partial charge is 0.343 e. The van der Waals surface area contributed by atoms with Crippen LogP contribution in [-0.2, 0) is 17.6 Å². The summed E-state index contributed by atoms with van der Waals surface area (Å²) < 4.78 is 13.1. The molecule has 0 spiro atoms. The maximum absolute atomic E-state index is 13.1. The molecular formula is C19H21FN2O2. The van der Waals surface area contributed by atoms with Crippen molar-refractivity contribution in [3.63, 3.8) is 0 Å². The molecule has 126 valence electrons. The molecule has 0 unspecified atom stereocenters. The van der Waals surface area contributed by atoms with Crippen LogP contribution in [0.25, 0.3) is 0 Å². The Bertz CT molecular complexity index is 722. The van der Waals surface area contributed by atoms with Crippen LogP contribution in [0.3, 0.4) is 0 Å². The first kappa shape index (κ1) is 17.7. The zero-order valence-electron chi connectivity index (χ0n) is 13.9. The monoisotopic (exact) mass is 328 g/mol. The van der Waals surface area contributed by atoms with E-state index in [1.165, 1.54) is 18.2 Å². The molecule has 5 heteroatoms. The van der Waals surface area contributed by atoms with Crippen molar-refractivity contribution < 1.29 is 14.0 Å². The third-order valence-corrected chi connectivity index (χ3v) is 3.76. The fraction of sp³-hybridized carbons (Fsp3) is 0.263. The Labute approximate surface area is 141 Å². The molecule has 0 heterocycles. The van der Waals surface area contributed by atoms with E-state index >= 15 is 0 Å². The molecule has 4 nitrogen and oxygen atoms in total. The van der Waals surface area contributed by atoms with Gasteiger partial charge in [0.2, 0.25) is 5.91 Å². The van der Waals surface area contributed by atoms with Gasteiger partial charge in [0.05, 0.1) is 6.54 Å². The first-order valence-corrected chi connectivity index (χ1v) is 7.99. The van der Waals surface area contributed by atoms with Gasteiger partial charge in [-0.25, -0.2) is 4.39 Å². The average molecular weight is 328 g/mol. The van der Waals surface area contributed by atoms with E-state index in [-0.39, 0.29) is 18.0 Å². The third-order valence-electron chi connectivity index (χ3n) is 3.76. The number of aryl methyl sites for hydroxylation is 2. The van der Waals surface area contributed by atoms with Crippen LogP contribution in [0.4, 0.5) is 10.1 Å². The minimum absolute atomic E-state index is 0.170. The highest BCUT2D eigenvalue weighted by Crippen LogP contribution is 2.22. The Hall–Kier alpha value is -2.69. The number of carbonyl (C=O) groups is 2. The van der Waals surface area contributed by atoms with Crippen LogP contribution < -0.4 is 10.6 Å². The van der Waals surface area contributed by atoms with Crippen molar-refractivity contribution in [3.05, 3.63) is 65.0 Å². The molecule has 2 aromatic carbocycles. The number of amides is 2.